The minimum absolute atomic E-state index is 0.0470. The molecule has 0 unspecified atom stereocenters. The van der Waals surface area contributed by atoms with Crippen molar-refractivity contribution >= 4 is 34.4 Å². The molecule has 0 aliphatic rings. The van der Waals surface area contributed by atoms with E-state index in [9.17, 15) is 19.2 Å². The Bertz CT molecular complexity index is 918. The number of pyridine rings is 1. The van der Waals surface area contributed by atoms with Crippen molar-refractivity contribution in [1.82, 2.24) is 4.57 Å². The molecule has 2 rings (SSSR count). The summed E-state index contributed by atoms with van der Waals surface area (Å²) in [5.74, 6) is -2.13. The van der Waals surface area contributed by atoms with Crippen LogP contribution in [0.5, 0.6) is 0 Å². The van der Waals surface area contributed by atoms with Crippen LogP contribution in [0.1, 0.15) is 17.3 Å². The van der Waals surface area contributed by atoms with E-state index in [1.165, 1.54) is 12.1 Å². The van der Waals surface area contributed by atoms with E-state index in [-0.39, 0.29) is 28.1 Å². The lowest BCUT2D eigenvalue weighted by Gasteiger charge is -2.09. The van der Waals surface area contributed by atoms with Gasteiger partial charge in [-0.1, -0.05) is 11.6 Å². The smallest absolute Gasteiger partial charge is 0.343 e. The maximum absolute atomic E-state index is 12.5. The maximum Gasteiger partial charge on any atom is 0.343 e. The number of aliphatic carboxylic acids is 1. The van der Waals surface area contributed by atoms with Gasteiger partial charge in [0.05, 0.1) is 12.0 Å². The number of carbonyl (C=O) groups is 2. The molecule has 23 heavy (non-hydrogen) atoms. The van der Waals surface area contributed by atoms with Gasteiger partial charge in [0.2, 0.25) is 10.9 Å². The molecule has 8 heteroatoms. The van der Waals surface area contributed by atoms with E-state index < -0.39 is 29.3 Å². The van der Waals surface area contributed by atoms with Crippen LogP contribution in [0.2, 0.25) is 5.02 Å². The summed E-state index contributed by atoms with van der Waals surface area (Å²) >= 11 is 5.88. The SMILES string of the molecule is CCOC(=O)c1cn(CC(=O)O)c2c(=O)ccc(Cl)cc2c1=O. The summed E-state index contributed by atoms with van der Waals surface area (Å²) in [7, 11) is 0. The summed E-state index contributed by atoms with van der Waals surface area (Å²) in [5.41, 5.74) is -1.82. The number of halogens is 1. The second kappa shape index (κ2) is 6.62. The summed E-state index contributed by atoms with van der Waals surface area (Å²) in [6, 6.07) is 3.65. The molecule has 7 nitrogen and oxygen atoms in total. The average Bonchev–Trinajstić information content (AvgIpc) is 2.62. The molecule has 1 heterocycles. The molecule has 2 aromatic rings. The zero-order valence-electron chi connectivity index (χ0n) is 12.0. The lowest BCUT2D eigenvalue weighted by molar-refractivity contribution is -0.137. The number of fused-ring (bicyclic) bond motifs is 1. The molecule has 0 aliphatic carbocycles. The van der Waals surface area contributed by atoms with Crippen molar-refractivity contribution in [2.75, 3.05) is 6.61 Å². The van der Waals surface area contributed by atoms with Crippen molar-refractivity contribution in [1.29, 1.82) is 0 Å². The fraction of sp³-hybridized carbons (Fsp3) is 0.200. The molecule has 0 atom stereocenters. The Kier molecular flexibility index (Phi) is 4.80. The first kappa shape index (κ1) is 16.7. The average molecular weight is 338 g/mol. The number of rotatable bonds is 4. The molecular weight excluding hydrogens is 326 g/mol. The number of carboxylic acid groups (broad SMARTS) is 1. The van der Waals surface area contributed by atoms with E-state index in [4.69, 9.17) is 21.4 Å². The minimum Gasteiger partial charge on any atom is -0.480 e. The van der Waals surface area contributed by atoms with Gasteiger partial charge in [0, 0.05) is 11.2 Å². The second-order valence-electron chi connectivity index (χ2n) is 4.60. The standard InChI is InChI=1S/C15H12ClNO6/c1-2-23-15(22)10-6-17(7-12(19)20)13-9(14(10)21)5-8(16)3-4-11(13)18/h3-6H,2,7H2,1H3,(H,19,20). The van der Waals surface area contributed by atoms with Crippen LogP contribution >= 0.6 is 11.6 Å². The number of ether oxygens (including phenoxy) is 1. The van der Waals surface area contributed by atoms with Crippen molar-refractivity contribution < 1.29 is 19.4 Å². The Morgan fingerprint density at radius 3 is 2.61 bits per heavy atom. The first-order valence-corrected chi connectivity index (χ1v) is 6.99. The van der Waals surface area contributed by atoms with Gasteiger partial charge in [0.15, 0.2) is 0 Å². The summed E-state index contributed by atoms with van der Waals surface area (Å²) in [5, 5.41) is 8.96. The third-order valence-electron chi connectivity index (χ3n) is 3.03. The van der Waals surface area contributed by atoms with Crippen LogP contribution in [0, 0.1) is 0 Å². The highest BCUT2D eigenvalue weighted by atomic mass is 35.5. The van der Waals surface area contributed by atoms with Crippen molar-refractivity contribution in [2.45, 2.75) is 13.5 Å². The zero-order valence-corrected chi connectivity index (χ0v) is 12.8. The highest BCUT2D eigenvalue weighted by molar-refractivity contribution is 6.31. The number of hydrogen-bond acceptors (Lipinski definition) is 5. The summed E-state index contributed by atoms with van der Waals surface area (Å²) < 4.78 is 5.82. The molecule has 1 N–H and O–H groups in total. The second-order valence-corrected chi connectivity index (χ2v) is 5.04. The van der Waals surface area contributed by atoms with Gasteiger partial charge in [-0.3, -0.25) is 14.4 Å². The maximum atomic E-state index is 12.5. The first-order chi connectivity index (χ1) is 10.8. The number of nitrogens with zero attached hydrogens (tertiary/aromatic N) is 1. The van der Waals surface area contributed by atoms with Crippen molar-refractivity contribution in [3.05, 3.63) is 55.4 Å². The van der Waals surface area contributed by atoms with Crippen LogP contribution in [0.4, 0.5) is 0 Å². The zero-order chi connectivity index (χ0) is 17.1. The van der Waals surface area contributed by atoms with E-state index in [1.54, 1.807) is 6.92 Å². The number of carbonyl (C=O) groups excluding carboxylic acids is 1. The fourth-order valence-corrected chi connectivity index (χ4v) is 2.31. The quantitative estimate of drug-likeness (QED) is 0.843. The number of hydrogen-bond donors (Lipinski definition) is 1. The molecular formula is C15H12ClNO6. The first-order valence-electron chi connectivity index (χ1n) is 6.61. The number of esters is 1. The van der Waals surface area contributed by atoms with E-state index in [0.717, 1.165) is 16.8 Å². The van der Waals surface area contributed by atoms with Crippen LogP contribution in [0.3, 0.4) is 0 Å². The molecule has 0 radical (unpaired) electrons. The molecule has 1 aromatic heterocycles. The van der Waals surface area contributed by atoms with E-state index in [0.29, 0.717) is 0 Å². The summed E-state index contributed by atoms with van der Waals surface area (Å²) in [4.78, 5) is 47.6. The van der Waals surface area contributed by atoms with Gasteiger partial charge in [-0.05, 0) is 25.1 Å². The Morgan fingerprint density at radius 2 is 2.00 bits per heavy atom. The Morgan fingerprint density at radius 1 is 1.30 bits per heavy atom. The minimum atomic E-state index is -1.23. The number of carboxylic acids is 1. The third-order valence-corrected chi connectivity index (χ3v) is 3.26. The normalized spacial score (nSPS) is 10.5. The van der Waals surface area contributed by atoms with Crippen LogP contribution in [0.25, 0.3) is 10.9 Å². The predicted molar refractivity (Wildman–Crippen MR) is 83.1 cm³/mol. The van der Waals surface area contributed by atoms with Gasteiger partial charge >= 0.3 is 11.9 Å². The Balaban J connectivity index is 2.96. The van der Waals surface area contributed by atoms with Gasteiger partial charge in [-0.15, -0.1) is 0 Å². The largest absolute Gasteiger partial charge is 0.480 e. The van der Waals surface area contributed by atoms with Crippen LogP contribution in [0.15, 0.2) is 34.0 Å². The molecule has 120 valence electrons. The van der Waals surface area contributed by atoms with Crippen LogP contribution in [-0.2, 0) is 16.1 Å². The number of aromatic nitrogens is 1. The van der Waals surface area contributed by atoms with Crippen LogP contribution < -0.4 is 10.9 Å². The van der Waals surface area contributed by atoms with Crippen LogP contribution in [-0.4, -0.2) is 28.2 Å². The van der Waals surface area contributed by atoms with Gasteiger partial charge in [-0.25, -0.2) is 4.79 Å². The van der Waals surface area contributed by atoms with Gasteiger partial charge < -0.3 is 14.4 Å². The lowest BCUT2D eigenvalue weighted by Crippen LogP contribution is -2.24. The molecule has 1 aromatic carbocycles. The molecule has 0 saturated heterocycles. The molecule has 0 spiro atoms. The van der Waals surface area contributed by atoms with Crippen molar-refractivity contribution in [2.24, 2.45) is 0 Å². The molecule has 0 bridgehead atoms. The lowest BCUT2D eigenvalue weighted by atomic mass is 10.1. The highest BCUT2D eigenvalue weighted by Crippen LogP contribution is 2.13. The van der Waals surface area contributed by atoms with Gasteiger partial charge in [0.25, 0.3) is 0 Å². The Hall–Kier alpha value is -2.67. The third kappa shape index (κ3) is 3.40. The monoisotopic (exact) mass is 337 g/mol. The van der Waals surface area contributed by atoms with E-state index in [2.05, 4.69) is 0 Å². The predicted octanol–water partition coefficient (Wildman–Crippen LogP) is 1.28. The van der Waals surface area contributed by atoms with Gasteiger partial charge in [0.1, 0.15) is 17.6 Å². The van der Waals surface area contributed by atoms with Crippen molar-refractivity contribution in [3.63, 3.8) is 0 Å². The van der Waals surface area contributed by atoms with E-state index in [1.807, 2.05) is 0 Å². The summed E-state index contributed by atoms with van der Waals surface area (Å²) in [6.45, 7) is 1.02. The molecule has 0 saturated carbocycles. The van der Waals surface area contributed by atoms with Gasteiger partial charge in [-0.2, -0.15) is 0 Å². The highest BCUT2D eigenvalue weighted by Gasteiger charge is 2.18. The topological polar surface area (TPSA) is 103 Å². The molecule has 0 amide bonds. The Labute approximate surface area is 134 Å². The molecule has 0 aliphatic heterocycles. The van der Waals surface area contributed by atoms with E-state index >= 15 is 0 Å². The molecule has 0 fully saturated rings. The fourth-order valence-electron chi connectivity index (χ4n) is 2.14. The summed E-state index contributed by atoms with van der Waals surface area (Å²) in [6.07, 6.45) is 1.02. The van der Waals surface area contributed by atoms with Crippen molar-refractivity contribution in [3.8, 4) is 0 Å².